The summed E-state index contributed by atoms with van der Waals surface area (Å²) >= 11 is 3.36. The highest BCUT2D eigenvalue weighted by Crippen LogP contribution is 2.10. The van der Waals surface area contributed by atoms with Crippen LogP contribution in [0.2, 0.25) is 0 Å². The predicted octanol–water partition coefficient (Wildman–Crippen LogP) is 1.70. The lowest BCUT2D eigenvalue weighted by atomic mass is 10.1. The first kappa shape index (κ1) is 13.2. The fourth-order valence-corrected chi connectivity index (χ4v) is 1.49. The van der Waals surface area contributed by atoms with Crippen LogP contribution in [0.1, 0.15) is 12.5 Å². The third-order valence-electron chi connectivity index (χ3n) is 2.33. The SMILES string of the molecule is CC(CN)CNC(=O)Cc1ccc(Br)cc1. The topological polar surface area (TPSA) is 55.1 Å². The zero-order valence-electron chi connectivity index (χ0n) is 9.37. The van der Waals surface area contributed by atoms with Gasteiger partial charge < -0.3 is 11.1 Å². The van der Waals surface area contributed by atoms with Gasteiger partial charge in [-0.05, 0) is 30.2 Å². The first-order valence-corrected chi connectivity index (χ1v) is 6.12. The number of benzene rings is 1. The number of rotatable bonds is 5. The molecule has 3 nitrogen and oxygen atoms in total. The van der Waals surface area contributed by atoms with Crippen LogP contribution in [0.3, 0.4) is 0 Å². The summed E-state index contributed by atoms with van der Waals surface area (Å²) in [6.07, 6.45) is 0.421. The molecule has 0 bridgehead atoms. The molecule has 1 atom stereocenters. The maximum absolute atomic E-state index is 11.6. The first-order valence-electron chi connectivity index (χ1n) is 5.33. The standard InChI is InChI=1S/C12H17BrN2O/c1-9(7-14)8-15-12(16)6-10-2-4-11(13)5-3-10/h2-5,9H,6-8,14H2,1H3,(H,15,16). The van der Waals surface area contributed by atoms with E-state index in [9.17, 15) is 4.79 Å². The lowest BCUT2D eigenvalue weighted by Crippen LogP contribution is -2.32. The second kappa shape index (κ2) is 6.66. The Bertz CT molecular complexity index is 337. The van der Waals surface area contributed by atoms with Crippen molar-refractivity contribution in [3.05, 3.63) is 34.3 Å². The summed E-state index contributed by atoms with van der Waals surface area (Å²) in [5.41, 5.74) is 6.49. The molecule has 0 aliphatic rings. The van der Waals surface area contributed by atoms with Gasteiger partial charge in [-0.15, -0.1) is 0 Å². The average Bonchev–Trinajstić information content (AvgIpc) is 2.29. The molecule has 1 aromatic rings. The molecule has 1 amide bonds. The molecular weight excluding hydrogens is 268 g/mol. The fraction of sp³-hybridized carbons (Fsp3) is 0.417. The number of amides is 1. The predicted molar refractivity (Wildman–Crippen MR) is 69.1 cm³/mol. The molecule has 3 N–H and O–H groups in total. The van der Waals surface area contributed by atoms with Gasteiger partial charge in [0, 0.05) is 11.0 Å². The molecule has 1 unspecified atom stereocenters. The van der Waals surface area contributed by atoms with Crippen LogP contribution < -0.4 is 11.1 Å². The van der Waals surface area contributed by atoms with E-state index in [2.05, 4.69) is 21.2 Å². The summed E-state index contributed by atoms with van der Waals surface area (Å²) in [4.78, 5) is 11.6. The van der Waals surface area contributed by atoms with Crippen molar-refractivity contribution in [1.82, 2.24) is 5.32 Å². The molecule has 4 heteroatoms. The number of carbonyl (C=O) groups is 1. The van der Waals surface area contributed by atoms with E-state index in [1.165, 1.54) is 0 Å². The lowest BCUT2D eigenvalue weighted by molar-refractivity contribution is -0.120. The van der Waals surface area contributed by atoms with Crippen molar-refractivity contribution in [2.45, 2.75) is 13.3 Å². The Morgan fingerprint density at radius 3 is 2.62 bits per heavy atom. The van der Waals surface area contributed by atoms with E-state index in [0.717, 1.165) is 10.0 Å². The highest BCUT2D eigenvalue weighted by Gasteiger charge is 2.05. The van der Waals surface area contributed by atoms with Crippen LogP contribution in [0.4, 0.5) is 0 Å². The molecule has 16 heavy (non-hydrogen) atoms. The summed E-state index contributed by atoms with van der Waals surface area (Å²) in [6.45, 7) is 3.25. The van der Waals surface area contributed by atoms with Gasteiger partial charge in [-0.2, -0.15) is 0 Å². The number of nitrogens with one attached hydrogen (secondary N) is 1. The summed E-state index contributed by atoms with van der Waals surface area (Å²) in [5, 5.41) is 2.87. The Kier molecular flexibility index (Phi) is 5.49. The van der Waals surface area contributed by atoms with E-state index in [0.29, 0.717) is 25.4 Å². The Balaban J connectivity index is 2.37. The van der Waals surface area contributed by atoms with Crippen molar-refractivity contribution in [2.75, 3.05) is 13.1 Å². The van der Waals surface area contributed by atoms with Gasteiger partial charge in [0.15, 0.2) is 0 Å². The molecule has 88 valence electrons. The van der Waals surface area contributed by atoms with E-state index < -0.39 is 0 Å². The fourth-order valence-electron chi connectivity index (χ4n) is 1.22. The zero-order chi connectivity index (χ0) is 12.0. The molecule has 0 spiro atoms. The number of nitrogens with two attached hydrogens (primary N) is 1. The molecule has 0 saturated carbocycles. The normalized spacial score (nSPS) is 12.2. The Morgan fingerprint density at radius 1 is 1.44 bits per heavy atom. The van der Waals surface area contributed by atoms with Gasteiger partial charge in [0.25, 0.3) is 0 Å². The molecule has 0 aliphatic carbocycles. The third kappa shape index (κ3) is 4.77. The van der Waals surface area contributed by atoms with Crippen molar-refractivity contribution >= 4 is 21.8 Å². The maximum Gasteiger partial charge on any atom is 0.224 e. The smallest absolute Gasteiger partial charge is 0.224 e. The largest absolute Gasteiger partial charge is 0.356 e. The third-order valence-corrected chi connectivity index (χ3v) is 2.86. The monoisotopic (exact) mass is 284 g/mol. The summed E-state index contributed by atoms with van der Waals surface area (Å²) in [5.74, 6) is 0.372. The Morgan fingerprint density at radius 2 is 2.06 bits per heavy atom. The van der Waals surface area contributed by atoms with Gasteiger partial charge in [-0.25, -0.2) is 0 Å². The van der Waals surface area contributed by atoms with E-state index in [-0.39, 0.29) is 5.91 Å². The number of hydrogen-bond donors (Lipinski definition) is 2. The number of carbonyl (C=O) groups excluding carboxylic acids is 1. The highest BCUT2D eigenvalue weighted by molar-refractivity contribution is 9.10. The van der Waals surface area contributed by atoms with E-state index in [1.54, 1.807) is 0 Å². The van der Waals surface area contributed by atoms with Gasteiger partial charge in [-0.1, -0.05) is 35.0 Å². The van der Waals surface area contributed by atoms with Gasteiger partial charge in [0.1, 0.15) is 0 Å². The lowest BCUT2D eigenvalue weighted by Gasteiger charge is -2.10. The number of hydrogen-bond acceptors (Lipinski definition) is 2. The van der Waals surface area contributed by atoms with Gasteiger partial charge >= 0.3 is 0 Å². The maximum atomic E-state index is 11.6. The van der Waals surface area contributed by atoms with Crippen LogP contribution in [0.25, 0.3) is 0 Å². The average molecular weight is 285 g/mol. The van der Waals surface area contributed by atoms with Crippen LogP contribution in [0.5, 0.6) is 0 Å². The molecule has 0 saturated heterocycles. The first-order chi connectivity index (χ1) is 7.61. The van der Waals surface area contributed by atoms with Crippen molar-refractivity contribution in [3.8, 4) is 0 Å². The highest BCUT2D eigenvalue weighted by atomic mass is 79.9. The Hall–Kier alpha value is -0.870. The molecule has 0 heterocycles. The van der Waals surface area contributed by atoms with Crippen LogP contribution in [0, 0.1) is 5.92 Å². The van der Waals surface area contributed by atoms with Crippen LogP contribution in [0.15, 0.2) is 28.7 Å². The van der Waals surface area contributed by atoms with Gasteiger partial charge in [-0.3, -0.25) is 4.79 Å². The number of halogens is 1. The Labute approximate surface area is 105 Å². The van der Waals surface area contributed by atoms with Crippen LogP contribution in [-0.2, 0) is 11.2 Å². The minimum atomic E-state index is 0.0441. The van der Waals surface area contributed by atoms with E-state index in [1.807, 2.05) is 31.2 Å². The van der Waals surface area contributed by atoms with Gasteiger partial charge in [0.2, 0.25) is 5.91 Å². The van der Waals surface area contributed by atoms with E-state index >= 15 is 0 Å². The van der Waals surface area contributed by atoms with Crippen molar-refractivity contribution in [3.63, 3.8) is 0 Å². The van der Waals surface area contributed by atoms with Crippen LogP contribution >= 0.6 is 15.9 Å². The van der Waals surface area contributed by atoms with Crippen molar-refractivity contribution in [1.29, 1.82) is 0 Å². The minimum Gasteiger partial charge on any atom is -0.356 e. The quantitative estimate of drug-likeness (QED) is 0.865. The molecule has 0 radical (unpaired) electrons. The second-order valence-electron chi connectivity index (χ2n) is 3.95. The van der Waals surface area contributed by atoms with Crippen LogP contribution in [-0.4, -0.2) is 19.0 Å². The molecular formula is C12H17BrN2O. The van der Waals surface area contributed by atoms with Gasteiger partial charge in [0.05, 0.1) is 6.42 Å². The van der Waals surface area contributed by atoms with E-state index in [4.69, 9.17) is 5.73 Å². The zero-order valence-corrected chi connectivity index (χ0v) is 11.0. The van der Waals surface area contributed by atoms with Crippen molar-refractivity contribution in [2.24, 2.45) is 11.7 Å². The minimum absolute atomic E-state index is 0.0441. The summed E-state index contributed by atoms with van der Waals surface area (Å²) < 4.78 is 1.02. The molecule has 0 aromatic heterocycles. The summed E-state index contributed by atoms with van der Waals surface area (Å²) in [7, 11) is 0. The second-order valence-corrected chi connectivity index (χ2v) is 4.86. The molecule has 0 aliphatic heterocycles. The molecule has 1 aromatic carbocycles. The van der Waals surface area contributed by atoms with Crippen molar-refractivity contribution < 1.29 is 4.79 Å². The summed E-state index contributed by atoms with van der Waals surface area (Å²) in [6, 6.07) is 7.75. The molecule has 0 fully saturated rings. The molecule has 1 rings (SSSR count).